The molecule has 3 unspecified atom stereocenters. The van der Waals surface area contributed by atoms with E-state index < -0.39 is 0 Å². The van der Waals surface area contributed by atoms with Gasteiger partial charge >= 0.3 is 0 Å². The van der Waals surface area contributed by atoms with Crippen molar-refractivity contribution >= 4 is 11.6 Å². The first-order valence-electron chi connectivity index (χ1n) is 10.9. The SMILES string of the molecule is COc1ccc(C2Nc3c(C(=O)N4CCOCC4)cccc3C3C=CCC32)cc1OC. The first-order chi connectivity index (χ1) is 15.2. The number of fused-ring (bicyclic) bond motifs is 3. The number of hydrogen-bond donors (Lipinski definition) is 1. The number of para-hydroxylation sites is 1. The van der Waals surface area contributed by atoms with Crippen LogP contribution in [0.25, 0.3) is 0 Å². The molecule has 2 aliphatic heterocycles. The minimum absolute atomic E-state index is 0.0686. The monoisotopic (exact) mass is 420 g/mol. The Kier molecular flexibility index (Phi) is 5.32. The van der Waals surface area contributed by atoms with Crippen molar-refractivity contribution in [1.82, 2.24) is 4.90 Å². The molecule has 1 N–H and O–H groups in total. The maximum Gasteiger partial charge on any atom is 0.256 e. The van der Waals surface area contributed by atoms with E-state index in [0.717, 1.165) is 23.2 Å². The molecular formula is C25H28N2O4. The fraction of sp³-hybridized carbons (Fsp3) is 0.400. The van der Waals surface area contributed by atoms with Crippen LogP contribution in [0, 0.1) is 5.92 Å². The van der Waals surface area contributed by atoms with Gasteiger partial charge in [0.1, 0.15) is 0 Å². The van der Waals surface area contributed by atoms with Gasteiger partial charge in [-0.2, -0.15) is 0 Å². The van der Waals surface area contributed by atoms with E-state index in [-0.39, 0.29) is 17.9 Å². The summed E-state index contributed by atoms with van der Waals surface area (Å²) in [6.45, 7) is 2.45. The maximum atomic E-state index is 13.4. The number of benzene rings is 2. The van der Waals surface area contributed by atoms with E-state index in [9.17, 15) is 4.79 Å². The summed E-state index contributed by atoms with van der Waals surface area (Å²) in [5.41, 5.74) is 4.03. The van der Waals surface area contributed by atoms with Crippen LogP contribution in [0.5, 0.6) is 11.5 Å². The number of allylic oxidation sites excluding steroid dienone is 2. The molecule has 6 nitrogen and oxygen atoms in total. The van der Waals surface area contributed by atoms with Gasteiger partial charge in [-0.15, -0.1) is 0 Å². The lowest BCUT2D eigenvalue weighted by Crippen LogP contribution is -2.41. The summed E-state index contributed by atoms with van der Waals surface area (Å²) < 4.78 is 16.4. The summed E-state index contributed by atoms with van der Waals surface area (Å²) >= 11 is 0. The van der Waals surface area contributed by atoms with Crippen LogP contribution in [-0.4, -0.2) is 51.3 Å². The number of anilines is 1. The number of nitrogens with zero attached hydrogens (tertiary/aromatic N) is 1. The number of hydrogen-bond acceptors (Lipinski definition) is 5. The van der Waals surface area contributed by atoms with Crippen molar-refractivity contribution in [2.45, 2.75) is 18.4 Å². The molecule has 1 fully saturated rings. The van der Waals surface area contributed by atoms with Crippen LogP contribution in [0.15, 0.2) is 48.6 Å². The molecule has 3 atom stereocenters. The van der Waals surface area contributed by atoms with Crippen molar-refractivity contribution in [2.75, 3.05) is 45.8 Å². The Morgan fingerprint density at radius 2 is 1.90 bits per heavy atom. The molecule has 1 amide bonds. The van der Waals surface area contributed by atoms with E-state index in [1.807, 2.05) is 29.2 Å². The van der Waals surface area contributed by atoms with Crippen molar-refractivity contribution in [3.05, 3.63) is 65.2 Å². The molecule has 2 aromatic carbocycles. The minimum atomic E-state index is 0.0686. The molecule has 31 heavy (non-hydrogen) atoms. The summed E-state index contributed by atoms with van der Waals surface area (Å²) in [5, 5.41) is 3.75. The van der Waals surface area contributed by atoms with Crippen molar-refractivity contribution in [3.8, 4) is 11.5 Å². The number of ether oxygens (including phenoxy) is 3. The zero-order chi connectivity index (χ0) is 21.4. The second kappa shape index (κ2) is 8.27. The first-order valence-corrected chi connectivity index (χ1v) is 10.9. The number of methoxy groups -OCH3 is 2. The Balaban J connectivity index is 1.54. The Hall–Kier alpha value is -2.99. The van der Waals surface area contributed by atoms with Gasteiger partial charge in [-0.3, -0.25) is 4.79 Å². The fourth-order valence-electron chi connectivity index (χ4n) is 5.11. The summed E-state index contributed by atoms with van der Waals surface area (Å²) in [6, 6.07) is 12.3. The molecule has 0 radical (unpaired) electrons. The van der Waals surface area contributed by atoms with Crippen LogP contribution in [0.3, 0.4) is 0 Å². The normalized spacial score (nSPS) is 24.2. The summed E-state index contributed by atoms with van der Waals surface area (Å²) in [6.07, 6.45) is 5.55. The molecule has 0 spiro atoms. The topological polar surface area (TPSA) is 60.0 Å². The highest BCUT2D eigenvalue weighted by molar-refractivity contribution is 6.01. The lowest BCUT2D eigenvalue weighted by atomic mass is 9.76. The highest BCUT2D eigenvalue weighted by Gasteiger charge is 2.40. The third-order valence-corrected chi connectivity index (χ3v) is 6.69. The average Bonchev–Trinajstić information content (AvgIpc) is 3.33. The van der Waals surface area contributed by atoms with Crippen LogP contribution in [0.2, 0.25) is 0 Å². The molecule has 1 aliphatic carbocycles. The van der Waals surface area contributed by atoms with Crippen LogP contribution in [-0.2, 0) is 4.74 Å². The summed E-state index contributed by atoms with van der Waals surface area (Å²) in [4.78, 5) is 15.3. The van der Waals surface area contributed by atoms with Gasteiger partial charge in [-0.25, -0.2) is 0 Å². The number of morpholine rings is 1. The van der Waals surface area contributed by atoms with Gasteiger partial charge in [0.05, 0.1) is 44.7 Å². The standard InChI is InChI=1S/C25H28N2O4/c1-29-21-10-9-16(15-22(21)30-2)23-18-6-3-5-17(18)19-7-4-8-20(24(19)26-23)25(28)27-11-13-31-14-12-27/h3-5,7-10,15,17-18,23,26H,6,11-14H2,1-2H3. The fourth-order valence-corrected chi connectivity index (χ4v) is 5.11. The molecule has 2 aromatic rings. The van der Waals surface area contributed by atoms with Crippen LogP contribution in [0.1, 0.15) is 39.9 Å². The van der Waals surface area contributed by atoms with E-state index in [4.69, 9.17) is 14.2 Å². The molecule has 162 valence electrons. The van der Waals surface area contributed by atoms with Gasteiger partial charge in [-0.05, 0) is 41.7 Å². The summed E-state index contributed by atoms with van der Waals surface area (Å²) in [7, 11) is 3.30. The van der Waals surface area contributed by atoms with Crippen LogP contribution in [0.4, 0.5) is 5.69 Å². The van der Waals surface area contributed by atoms with E-state index in [1.165, 1.54) is 5.56 Å². The van der Waals surface area contributed by atoms with Gasteiger partial charge < -0.3 is 24.4 Å². The predicted molar refractivity (Wildman–Crippen MR) is 119 cm³/mol. The van der Waals surface area contributed by atoms with Crippen molar-refractivity contribution in [2.24, 2.45) is 5.92 Å². The van der Waals surface area contributed by atoms with Gasteiger partial charge in [0, 0.05) is 19.0 Å². The minimum Gasteiger partial charge on any atom is -0.493 e. The molecule has 0 saturated carbocycles. The van der Waals surface area contributed by atoms with Gasteiger partial charge in [-0.1, -0.05) is 30.4 Å². The smallest absolute Gasteiger partial charge is 0.256 e. The molecule has 3 aliphatic rings. The Bertz CT molecular complexity index is 1010. The predicted octanol–water partition coefficient (Wildman–Crippen LogP) is 4.00. The highest BCUT2D eigenvalue weighted by atomic mass is 16.5. The number of carbonyl (C=O) groups excluding carboxylic acids is 1. The number of nitrogens with one attached hydrogen (secondary N) is 1. The molecule has 0 aromatic heterocycles. The zero-order valence-electron chi connectivity index (χ0n) is 18.0. The van der Waals surface area contributed by atoms with E-state index in [2.05, 4.69) is 29.6 Å². The number of amides is 1. The van der Waals surface area contributed by atoms with Crippen molar-refractivity contribution in [3.63, 3.8) is 0 Å². The van der Waals surface area contributed by atoms with E-state index in [0.29, 0.717) is 43.7 Å². The number of rotatable bonds is 4. The van der Waals surface area contributed by atoms with E-state index >= 15 is 0 Å². The molecule has 2 heterocycles. The van der Waals surface area contributed by atoms with Crippen molar-refractivity contribution in [1.29, 1.82) is 0 Å². The third-order valence-electron chi connectivity index (χ3n) is 6.69. The van der Waals surface area contributed by atoms with E-state index in [1.54, 1.807) is 14.2 Å². The zero-order valence-corrected chi connectivity index (χ0v) is 18.0. The van der Waals surface area contributed by atoms with Crippen LogP contribution < -0.4 is 14.8 Å². The molecule has 1 saturated heterocycles. The van der Waals surface area contributed by atoms with Crippen LogP contribution >= 0.6 is 0 Å². The van der Waals surface area contributed by atoms with Gasteiger partial charge in [0.25, 0.3) is 5.91 Å². The first kappa shape index (κ1) is 19.9. The van der Waals surface area contributed by atoms with Crippen molar-refractivity contribution < 1.29 is 19.0 Å². The van der Waals surface area contributed by atoms with Gasteiger partial charge in [0.2, 0.25) is 0 Å². The Morgan fingerprint density at radius 1 is 1.10 bits per heavy atom. The quantitative estimate of drug-likeness (QED) is 0.758. The molecule has 0 bridgehead atoms. The lowest BCUT2D eigenvalue weighted by molar-refractivity contribution is 0.0303. The molecular weight excluding hydrogens is 392 g/mol. The number of carbonyl (C=O) groups is 1. The third kappa shape index (κ3) is 3.45. The molecule has 6 heteroatoms. The highest BCUT2D eigenvalue weighted by Crippen LogP contribution is 2.51. The second-order valence-electron chi connectivity index (χ2n) is 8.26. The van der Waals surface area contributed by atoms with Gasteiger partial charge in [0.15, 0.2) is 11.5 Å². The second-order valence-corrected chi connectivity index (χ2v) is 8.26. The largest absolute Gasteiger partial charge is 0.493 e. The Morgan fingerprint density at radius 3 is 2.68 bits per heavy atom. The summed E-state index contributed by atoms with van der Waals surface area (Å²) in [5.74, 6) is 2.17. The average molecular weight is 421 g/mol. The Labute approximate surface area is 182 Å². The molecule has 5 rings (SSSR count). The maximum absolute atomic E-state index is 13.4. The lowest BCUT2D eigenvalue weighted by Gasteiger charge is -2.39.